The lowest BCUT2D eigenvalue weighted by atomic mass is 10.1. The van der Waals surface area contributed by atoms with Crippen molar-refractivity contribution < 1.29 is 9.59 Å². The van der Waals surface area contributed by atoms with Gasteiger partial charge in [-0.15, -0.1) is 0 Å². The molecule has 98 valence electrons. The molecule has 1 heterocycles. The zero-order valence-electron chi connectivity index (χ0n) is 11.0. The molecule has 4 heteroatoms. The summed E-state index contributed by atoms with van der Waals surface area (Å²) < 4.78 is 0. The molecule has 0 atom stereocenters. The van der Waals surface area contributed by atoms with Crippen molar-refractivity contribution in [2.75, 3.05) is 5.32 Å². The van der Waals surface area contributed by atoms with E-state index in [-0.39, 0.29) is 0 Å². The number of anilines is 1. The summed E-state index contributed by atoms with van der Waals surface area (Å²) in [7, 11) is 0. The van der Waals surface area contributed by atoms with Crippen molar-refractivity contribution in [1.29, 1.82) is 0 Å². The maximum Gasteiger partial charge on any atom is 0.298 e. The molecule has 0 radical (unpaired) electrons. The molecule has 2 aromatic rings. The summed E-state index contributed by atoms with van der Waals surface area (Å²) in [5.74, 6) is -1.18. The predicted octanol–water partition coefficient (Wildman–Crippen LogP) is 2.71. The molecule has 1 amide bonds. The zero-order chi connectivity index (χ0) is 13.8. The first-order chi connectivity index (χ1) is 9.13. The van der Waals surface area contributed by atoms with E-state index in [0.717, 1.165) is 23.2 Å². The van der Waals surface area contributed by atoms with E-state index in [1.165, 1.54) is 0 Å². The van der Waals surface area contributed by atoms with Crippen LogP contribution < -0.4 is 5.32 Å². The molecule has 4 nitrogen and oxygen atoms in total. The largest absolute Gasteiger partial charge is 0.358 e. The van der Waals surface area contributed by atoms with E-state index in [1.807, 2.05) is 32.0 Å². The highest BCUT2D eigenvalue weighted by Crippen LogP contribution is 2.21. The summed E-state index contributed by atoms with van der Waals surface area (Å²) >= 11 is 0. The Balaban J connectivity index is 2.22. The first-order valence-electron chi connectivity index (χ1n) is 6.21. The lowest BCUT2D eigenvalue weighted by Crippen LogP contribution is -2.24. The first kappa shape index (κ1) is 13.1. The van der Waals surface area contributed by atoms with Gasteiger partial charge in [-0.25, -0.2) is 0 Å². The van der Waals surface area contributed by atoms with E-state index in [4.69, 9.17) is 0 Å². The number of para-hydroxylation sites is 1. The average molecular weight is 256 g/mol. The highest BCUT2D eigenvalue weighted by atomic mass is 16.2. The van der Waals surface area contributed by atoms with Gasteiger partial charge >= 0.3 is 0 Å². The summed E-state index contributed by atoms with van der Waals surface area (Å²) in [4.78, 5) is 26.6. The number of nitrogens with one attached hydrogen (secondary N) is 2. The van der Waals surface area contributed by atoms with Crippen LogP contribution in [0.25, 0.3) is 0 Å². The van der Waals surface area contributed by atoms with Crippen molar-refractivity contribution >= 4 is 17.4 Å². The fraction of sp³-hybridized carbons (Fsp3) is 0.200. The molecule has 0 spiro atoms. The molecular weight excluding hydrogens is 240 g/mol. The van der Waals surface area contributed by atoms with Gasteiger partial charge < -0.3 is 10.3 Å². The van der Waals surface area contributed by atoms with Crippen LogP contribution in [0.1, 0.15) is 28.5 Å². The van der Waals surface area contributed by atoms with E-state index in [1.54, 1.807) is 18.3 Å². The minimum absolute atomic E-state index is 0.295. The molecule has 0 aliphatic heterocycles. The van der Waals surface area contributed by atoms with Gasteiger partial charge in [0.25, 0.3) is 11.7 Å². The van der Waals surface area contributed by atoms with Gasteiger partial charge in [0, 0.05) is 11.9 Å². The Kier molecular flexibility index (Phi) is 3.80. The van der Waals surface area contributed by atoms with E-state index in [9.17, 15) is 9.59 Å². The van der Waals surface area contributed by atoms with Crippen molar-refractivity contribution in [3.63, 3.8) is 0 Å². The van der Waals surface area contributed by atoms with E-state index in [2.05, 4.69) is 10.3 Å². The number of aryl methyl sites for hydroxylation is 2. The minimum atomic E-state index is -0.619. The number of rotatable bonds is 4. The van der Waals surface area contributed by atoms with Crippen LogP contribution in [0.2, 0.25) is 0 Å². The molecule has 1 aromatic heterocycles. The number of benzene rings is 1. The highest BCUT2D eigenvalue weighted by molar-refractivity contribution is 6.46. The fourth-order valence-corrected chi connectivity index (χ4v) is 1.97. The second kappa shape index (κ2) is 5.52. The van der Waals surface area contributed by atoms with Crippen LogP contribution in [0.3, 0.4) is 0 Å². The number of hydrogen-bond donors (Lipinski definition) is 2. The van der Waals surface area contributed by atoms with Gasteiger partial charge in [0.05, 0.1) is 5.69 Å². The number of hydrogen-bond acceptors (Lipinski definition) is 2. The maximum absolute atomic E-state index is 12.0. The van der Waals surface area contributed by atoms with Crippen LogP contribution in [0.4, 0.5) is 5.69 Å². The van der Waals surface area contributed by atoms with Crippen LogP contribution >= 0.6 is 0 Å². The number of carbonyl (C=O) groups excluding carboxylic acids is 2. The van der Waals surface area contributed by atoms with Gasteiger partial charge in [-0.1, -0.05) is 25.1 Å². The zero-order valence-corrected chi connectivity index (χ0v) is 11.0. The molecule has 0 saturated heterocycles. The van der Waals surface area contributed by atoms with Crippen molar-refractivity contribution in [1.82, 2.24) is 4.98 Å². The topological polar surface area (TPSA) is 62.0 Å². The molecule has 2 N–H and O–H groups in total. The standard InChI is InChI=1S/C15H16N2O2/c1-3-11-7-4-6-10(2)13(11)17-15(19)14(18)12-8-5-9-16-12/h4-9,16H,3H2,1-2H3,(H,17,19). The lowest BCUT2D eigenvalue weighted by Gasteiger charge is -2.12. The van der Waals surface area contributed by atoms with E-state index in [0.29, 0.717) is 5.69 Å². The minimum Gasteiger partial charge on any atom is -0.358 e. The maximum atomic E-state index is 12.0. The lowest BCUT2D eigenvalue weighted by molar-refractivity contribution is -0.112. The van der Waals surface area contributed by atoms with Gasteiger partial charge in [0.1, 0.15) is 0 Å². The van der Waals surface area contributed by atoms with Gasteiger partial charge in [-0.05, 0) is 36.6 Å². The summed E-state index contributed by atoms with van der Waals surface area (Å²) in [6.45, 7) is 3.92. The monoisotopic (exact) mass is 256 g/mol. The van der Waals surface area contributed by atoms with Crippen molar-refractivity contribution in [2.45, 2.75) is 20.3 Å². The SMILES string of the molecule is CCc1cccc(C)c1NC(=O)C(=O)c1ccc[nH]1. The highest BCUT2D eigenvalue weighted by Gasteiger charge is 2.18. The third kappa shape index (κ3) is 2.73. The molecule has 0 saturated carbocycles. The number of carbonyl (C=O) groups is 2. The van der Waals surface area contributed by atoms with E-state index >= 15 is 0 Å². The number of aromatic nitrogens is 1. The molecule has 0 aliphatic rings. The van der Waals surface area contributed by atoms with Crippen molar-refractivity contribution in [3.8, 4) is 0 Å². The van der Waals surface area contributed by atoms with Gasteiger partial charge in [0.2, 0.25) is 0 Å². The average Bonchev–Trinajstić information content (AvgIpc) is 2.94. The molecule has 19 heavy (non-hydrogen) atoms. The number of H-pyrrole nitrogens is 1. The number of ketones is 1. The number of amides is 1. The summed E-state index contributed by atoms with van der Waals surface area (Å²) in [5.41, 5.74) is 3.00. The molecule has 2 rings (SSSR count). The fourth-order valence-electron chi connectivity index (χ4n) is 1.97. The van der Waals surface area contributed by atoms with Crippen molar-refractivity contribution in [3.05, 3.63) is 53.3 Å². The Morgan fingerprint density at radius 1 is 1.21 bits per heavy atom. The molecule has 0 unspecified atom stereocenters. The smallest absolute Gasteiger partial charge is 0.298 e. The second-order valence-electron chi connectivity index (χ2n) is 4.33. The van der Waals surface area contributed by atoms with Crippen LogP contribution in [0.15, 0.2) is 36.5 Å². The van der Waals surface area contributed by atoms with Crippen LogP contribution in [-0.2, 0) is 11.2 Å². The van der Waals surface area contributed by atoms with Gasteiger partial charge in [0.15, 0.2) is 0 Å². The van der Waals surface area contributed by atoms with Crippen LogP contribution in [0.5, 0.6) is 0 Å². The third-order valence-electron chi connectivity index (χ3n) is 3.03. The second-order valence-corrected chi connectivity index (χ2v) is 4.33. The Morgan fingerprint density at radius 3 is 2.63 bits per heavy atom. The van der Waals surface area contributed by atoms with Gasteiger partial charge in [-0.2, -0.15) is 0 Å². The number of aromatic amines is 1. The van der Waals surface area contributed by atoms with Crippen molar-refractivity contribution in [2.24, 2.45) is 0 Å². The molecule has 1 aromatic carbocycles. The first-order valence-corrected chi connectivity index (χ1v) is 6.21. The predicted molar refractivity (Wildman–Crippen MR) is 74.3 cm³/mol. The Hall–Kier alpha value is -2.36. The molecule has 0 bridgehead atoms. The Labute approximate surface area is 111 Å². The summed E-state index contributed by atoms with van der Waals surface area (Å²) in [5, 5.41) is 2.71. The summed E-state index contributed by atoms with van der Waals surface area (Å²) in [6, 6.07) is 9.07. The van der Waals surface area contributed by atoms with Gasteiger partial charge in [-0.3, -0.25) is 9.59 Å². The number of Topliss-reactive ketones (excluding diaryl/α,β-unsaturated/α-hetero) is 1. The Bertz CT molecular complexity index is 601. The Morgan fingerprint density at radius 2 is 2.00 bits per heavy atom. The van der Waals surface area contributed by atoms with Crippen LogP contribution in [0, 0.1) is 6.92 Å². The quantitative estimate of drug-likeness (QED) is 0.652. The van der Waals surface area contributed by atoms with Crippen LogP contribution in [-0.4, -0.2) is 16.7 Å². The molecular formula is C15H16N2O2. The molecule has 0 aliphatic carbocycles. The molecule has 0 fully saturated rings. The van der Waals surface area contributed by atoms with E-state index < -0.39 is 11.7 Å². The normalized spacial score (nSPS) is 10.2. The summed E-state index contributed by atoms with van der Waals surface area (Å²) in [6.07, 6.45) is 2.42. The third-order valence-corrected chi connectivity index (χ3v) is 3.03.